The summed E-state index contributed by atoms with van der Waals surface area (Å²) >= 11 is 0. The van der Waals surface area contributed by atoms with Crippen molar-refractivity contribution in [3.8, 4) is 0 Å². The van der Waals surface area contributed by atoms with Crippen molar-refractivity contribution in [1.82, 2.24) is 10.3 Å². The van der Waals surface area contributed by atoms with Crippen molar-refractivity contribution in [2.24, 2.45) is 5.92 Å². The average Bonchev–Trinajstić information content (AvgIpc) is 2.54. The number of para-hydroxylation sites is 1. The Labute approximate surface area is 124 Å². The van der Waals surface area contributed by atoms with E-state index in [-0.39, 0.29) is 11.8 Å². The molecule has 0 atom stereocenters. The predicted molar refractivity (Wildman–Crippen MR) is 85.2 cm³/mol. The monoisotopic (exact) mass is 284 g/mol. The third-order valence-corrected chi connectivity index (χ3v) is 4.20. The number of nitrogens with two attached hydrogens (primary N) is 1. The van der Waals surface area contributed by atoms with E-state index in [0.717, 1.165) is 42.5 Å². The number of benzene rings is 1. The topological polar surface area (TPSA) is 71.2 Å². The van der Waals surface area contributed by atoms with Crippen molar-refractivity contribution in [2.75, 3.05) is 30.8 Å². The highest BCUT2D eigenvalue weighted by Crippen LogP contribution is 2.34. The Morgan fingerprint density at radius 2 is 2.05 bits per heavy atom. The van der Waals surface area contributed by atoms with Gasteiger partial charge in [0, 0.05) is 31.4 Å². The molecule has 3 N–H and O–H groups in total. The molecule has 2 aromatic rings. The second-order valence-electron chi connectivity index (χ2n) is 5.45. The predicted octanol–water partition coefficient (Wildman–Crippen LogP) is 1.78. The van der Waals surface area contributed by atoms with E-state index in [4.69, 9.17) is 5.73 Å². The molecule has 0 radical (unpaired) electrons. The van der Waals surface area contributed by atoms with Gasteiger partial charge in [-0.2, -0.15) is 0 Å². The van der Waals surface area contributed by atoms with Crippen LogP contribution in [-0.4, -0.2) is 31.0 Å². The number of nitrogen functional groups attached to an aromatic ring is 1. The molecule has 0 bridgehead atoms. The molecular weight excluding hydrogens is 264 g/mol. The first-order chi connectivity index (χ1) is 10.2. The fourth-order valence-corrected chi connectivity index (χ4v) is 3.06. The number of hydrogen-bond donors (Lipinski definition) is 2. The maximum Gasteiger partial charge on any atom is 0.222 e. The lowest BCUT2D eigenvalue weighted by Crippen LogP contribution is -2.39. The van der Waals surface area contributed by atoms with Crippen LogP contribution in [0.4, 0.5) is 11.4 Å². The van der Waals surface area contributed by atoms with Crippen molar-refractivity contribution >= 4 is 28.2 Å². The molecule has 5 heteroatoms. The standard InChI is InChI=1S/C16H20N4O/c1-18-16(21)11-6-8-20(9-7-11)15-12-4-2-3-5-14(12)19-10-13(15)17/h2-5,10-11H,6-9,17H2,1H3,(H,18,21). The third kappa shape index (κ3) is 2.51. The zero-order valence-corrected chi connectivity index (χ0v) is 12.2. The lowest BCUT2D eigenvalue weighted by molar-refractivity contribution is -0.125. The fraction of sp³-hybridized carbons (Fsp3) is 0.375. The third-order valence-electron chi connectivity index (χ3n) is 4.20. The van der Waals surface area contributed by atoms with Crippen LogP contribution in [0.1, 0.15) is 12.8 Å². The van der Waals surface area contributed by atoms with Crippen molar-refractivity contribution in [3.63, 3.8) is 0 Å². The minimum Gasteiger partial charge on any atom is -0.396 e. The molecular formula is C16H20N4O. The van der Waals surface area contributed by atoms with Gasteiger partial charge in [0.05, 0.1) is 23.1 Å². The average molecular weight is 284 g/mol. The number of fused-ring (bicyclic) bond motifs is 1. The first-order valence-corrected chi connectivity index (χ1v) is 7.30. The summed E-state index contributed by atoms with van der Waals surface area (Å²) in [4.78, 5) is 18.4. The quantitative estimate of drug-likeness (QED) is 0.882. The van der Waals surface area contributed by atoms with Crippen LogP contribution < -0.4 is 16.0 Å². The Morgan fingerprint density at radius 3 is 2.76 bits per heavy atom. The molecule has 1 saturated heterocycles. The molecule has 0 spiro atoms. The number of amides is 1. The Bertz CT molecular complexity index is 662. The van der Waals surface area contributed by atoms with Crippen LogP contribution in [0.15, 0.2) is 30.5 Å². The zero-order valence-electron chi connectivity index (χ0n) is 12.2. The highest BCUT2D eigenvalue weighted by molar-refractivity contribution is 5.97. The molecule has 1 aliphatic heterocycles. The summed E-state index contributed by atoms with van der Waals surface area (Å²) in [6.45, 7) is 1.69. The van der Waals surface area contributed by atoms with E-state index in [1.54, 1.807) is 13.2 Å². The van der Waals surface area contributed by atoms with E-state index in [9.17, 15) is 4.79 Å². The van der Waals surface area contributed by atoms with Gasteiger partial charge >= 0.3 is 0 Å². The summed E-state index contributed by atoms with van der Waals surface area (Å²) in [5, 5.41) is 3.82. The maximum absolute atomic E-state index is 11.7. The first kappa shape index (κ1) is 13.7. The normalized spacial score (nSPS) is 16.1. The van der Waals surface area contributed by atoms with Gasteiger partial charge in [-0.25, -0.2) is 0 Å². The second kappa shape index (κ2) is 5.60. The Kier molecular flexibility index (Phi) is 3.64. The molecule has 3 rings (SSSR count). The van der Waals surface area contributed by atoms with E-state index in [1.165, 1.54) is 0 Å². The van der Waals surface area contributed by atoms with E-state index in [2.05, 4.69) is 21.3 Å². The van der Waals surface area contributed by atoms with Gasteiger partial charge in [0.1, 0.15) is 0 Å². The highest BCUT2D eigenvalue weighted by atomic mass is 16.1. The summed E-state index contributed by atoms with van der Waals surface area (Å²) < 4.78 is 0. The SMILES string of the molecule is CNC(=O)C1CCN(c2c(N)cnc3ccccc23)CC1. The van der Waals surface area contributed by atoms with Crippen molar-refractivity contribution < 1.29 is 4.79 Å². The number of nitrogens with one attached hydrogen (secondary N) is 1. The summed E-state index contributed by atoms with van der Waals surface area (Å²) in [6.07, 6.45) is 3.44. The lowest BCUT2D eigenvalue weighted by atomic mass is 9.95. The molecule has 1 fully saturated rings. The zero-order chi connectivity index (χ0) is 14.8. The fourth-order valence-electron chi connectivity index (χ4n) is 3.06. The van der Waals surface area contributed by atoms with Gasteiger partial charge in [0.15, 0.2) is 0 Å². The number of piperidine rings is 1. The van der Waals surface area contributed by atoms with Crippen LogP contribution in [0.3, 0.4) is 0 Å². The molecule has 0 aliphatic carbocycles. The number of nitrogens with zero attached hydrogens (tertiary/aromatic N) is 2. The molecule has 1 aliphatic rings. The minimum absolute atomic E-state index is 0.112. The Hall–Kier alpha value is -2.30. The Balaban J connectivity index is 1.89. The van der Waals surface area contributed by atoms with E-state index >= 15 is 0 Å². The van der Waals surface area contributed by atoms with Crippen LogP contribution in [0.25, 0.3) is 10.9 Å². The minimum atomic E-state index is 0.112. The molecule has 21 heavy (non-hydrogen) atoms. The van der Waals surface area contributed by atoms with Gasteiger partial charge in [-0.15, -0.1) is 0 Å². The van der Waals surface area contributed by atoms with Gasteiger partial charge in [-0.05, 0) is 18.9 Å². The van der Waals surface area contributed by atoms with Crippen molar-refractivity contribution in [2.45, 2.75) is 12.8 Å². The van der Waals surface area contributed by atoms with Gasteiger partial charge in [0.2, 0.25) is 5.91 Å². The van der Waals surface area contributed by atoms with Crippen molar-refractivity contribution in [1.29, 1.82) is 0 Å². The molecule has 2 heterocycles. The number of carbonyl (C=O) groups excluding carboxylic acids is 1. The van der Waals surface area contributed by atoms with Gasteiger partial charge in [0.25, 0.3) is 0 Å². The largest absolute Gasteiger partial charge is 0.396 e. The number of anilines is 2. The van der Waals surface area contributed by atoms with Crippen molar-refractivity contribution in [3.05, 3.63) is 30.5 Å². The van der Waals surface area contributed by atoms with E-state index < -0.39 is 0 Å². The van der Waals surface area contributed by atoms with Crippen LogP contribution in [0, 0.1) is 5.92 Å². The molecule has 1 aromatic carbocycles. The number of pyridine rings is 1. The number of aromatic nitrogens is 1. The van der Waals surface area contributed by atoms with E-state index in [1.807, 2.05) is 18.2 Å². The van der Waals surface area contributed by atoms with Crippen LogP contribution in [-0.2, 0) is 4.79 Å². The summed E-state index contributed by atoms with van der Waals surface area (Å²) in [6, 6.07) is 8.03. The Morgan fingerprint density at radius 1 is 1.33 bits per heavy atom. The summed E-state index contributed by atoms with van der Waals surface area (Å²) in [5.41, 5.74) is 8.86. The van der Waals surface area contributed by atoms with Crippen LogP contribution in [0.5, 0.6) is 0 Å². The van der Waals surface area contributed by atoms with Gasteiger partial charge < -0.3 is 16.0 Å². The maximum atomic E-state index is 11.7. The first-order valence-electron chi connectivity index (χ1n) is 7.30. The molecule has 1 amide bonds. The molecule has 0 saturated carbocycles. The number of hydrogen-bond acceptors (Lipinski definition) is 4. The summed E-state index contributed by atoms with van der Waals surface area (Å²) in [5.74, 6) is 0.253. The van der Waals surface area contributed by atoms with Crippen LogP contribution >= 0.6 is 0 Å². The summed E-state index contributed by atoms with van der Waals surface area (Å²) in [7, 11) is 1.70. The molecule has 1 aromatic heterocycles. The highest BCUT2D eigenvalue weighted by Gasteiger charge is 2.26. The van der Waals surface area contributed by atoms with E-state index in [0.29, 0.717) is 5.69 Å². The smallest absolute Gasteiger partial charge is 0.222 e. The number of rotatable bonds is 2. The van der Waals surface area contributed by atoms with Gasteiger partial charge in [-0.1, -0.05) is 18.2 Å². The number of carbonyl (C=O) groups is 1. The molecule has 110 valence electrons. The van der Waals surface area contributed by atoms with Crippen LogP contribution in [0.2, 0.25) is 0 Å². The second-order valence-corrected chi connectivity index (χ2v) is 5.45. The molecule has 0 unspecified atom stereocenters. The lowest BCUT2D eigenvalue weighted by Gasteiger charge is -2.34. The van der Waals surface area contributed by atoms with Gasteiger partial charge in [-0.3, -0.25) is 9.78 Å². The molecule has 5 nitrogen and oxygen atoms in total.